The Morgan fingerprint density at radius 2 is 1.80 bits per heavy atom. The average molecular weight is 427 g/mol. The Morgan fingerprint density at radius 3 is 2.50 bits per heavy atom. The standard InChI is InChI=1S/C26H38O3Si/c1-24(2,3)30(5,6)29-19-8-10-20-18(17-19)7-9-22-21(20)11-13-25(4)23(22)12-14-26(25)27-15-16-28-26/h7-10,17,21-23H,11-16H2,1-6H3/t21-,22-,23+,25+/m1/s1. The molecule has 0 bridgehead atoms. The maximum Gasteiger partial charge on any atom is 0.250 e. The monoisotopic (exact) mass is 426 g/mol. The van der Waals surface area contributed by atoms with Crippen LogP contribution in [0.5, 0.6) is 5.75 Å². The third-order valence-electron chi connectivity index (χ3n) is 9.27. The molecule has 30 heavy (non-hydrogen) atoms. The summed E-state index contributed by atoms with van der Waals surface area (Å²) < 4.78 is 19.1. The van der Waals surface area contributed by atoms with E-state index < -0.39 is 8.32 Å². The molecule has 0 N–H and O–H groups in total. The highest BCUT2D eigenvalue weighted by atomic mass is 28.4. The number of rotatable bonds is 2. The number of ether oxygens (including phenoxy) is 2. The molecule has 1 spiro atoms. The second-order valence-corrected chi connectivity index (χ2v) is 16.5. The topological polar surface area (TPSA) is 27.7 Å². The van der Waals surface area contributed by atoms with E-state index in [2.05, 4.69) is 71.1 Å². The third-order valence-corrected chi connectivity index (χ3v) is 13.6. The van der Waals surface area contributed by atoms with Gasteiger partial charge >= 0.3 is 0 Å². The van der Waals surface area contributed by atoms with Crippen molar-refractivity contribution in [1.82, 2.24) is 0 Å². The molecule has 2 saturated carbocycles. The molecule has 1 aliphatic heterocycles. The van der Waals surface area contributed by atoms with Gasteiger partial charge in [-0.3, -0.25) is 0 Å². The Kier molecular flexibility index (Phi) is 4.64. The highest BCUT2D eigenvalue weighted by Crippen LogP contribution is 2.65. The molecule has 5 rings (SSSR count). The van der Waals surface area contributed by atoms with Gasteiger partial charge < -0.3 is 13.9 Å². The summed E-state index contributed by atoms with van der Waals surface area (Å²) in [6.07, 6.45) is 9.53. The summed E-state index contributed by atoms with van der Waals surface area (Å²) in [6, 6.07) is 6.87. The maximum absolute atomic E-state index is 6.59. The van der Waals surface area contributed by atoms with Crippen molar-refractivity contribution < 1.29 is 13.9 Å². The Bertz CT molecular complexity index is 862. The Balaban J connectivity index is 1.41. The molecule has 0 aromatic heterocycles. The zero-order valence-electron chi connectivity index (χ0n) is 19.6. The lowest BCUT2D eigenvalue weighted by Gasteiger charge is -2.51. The molecule has 0 unspecified atom stereocenters. The van der Waals surface area contributed by atoms with Crippen molar-refractivity contribution in [1.29, 1.82) is 0 Å². The van der Waals surface area contributed by atoms with Crippen molar-refractivity contribution >= 4 is 14.4 Å². The minimum absolute atomic E-state index is 0.137. The highest BCUT2D eigenvalue weighted by Gasteiger charge is 2.64. The van der Waals surface area contributed by atoms with Gasteiger partial charge in [0.05, 0.1) is 13.2 Å². The first-order valence-electron chi connectivity index (χ1n) is 11.9. The maximum atomic E-state index is 6.59. The van der Waals surface area contributed by atoms with E-state index >= 15 is 0 Å². The largest absolute Gasteiger partial charge is 0.543 e. The molecule has 0 amide bonds. The van der Waals surface area contributed by atoms with Crippen LogP contribution in [0.15, 0.2) is 24.3 Å². The van der Waals surface area contributed by atoms with Gasteiger partial charge in [-0.25, -0.2) is 0 Å². The van der Waals surface area contributed by atoms with Gasteiger partial charge in [0.25, 0.3) is 0 Å². The predicted molar refractivity (Wildman–Crippen MR) is 124 cm³/mol. The van der Waals surface area contributed by atoms with Gasteiger partial charge in [0, 0.05) is 11.8 Å². The van der Waals surface area contributed by atoms with Gasteiger partial charge in [-0.2, -0.15) is 0 Å². The molecule has 4 aliphatic rings. The van der Waals surface area contributed by atoms with Crippen LogP contribution in [0.4, 0.5) is 0 Å². The molecule has 3 aliphatic carbocycles. The summed E-state index contributed by atoms with van der Waals surface area (Å²) >= 11 is 0. The van der Waals surface area contributed by atoms with Crippen LogP contribution in [-0.2, 0) is 9.47 Å². The Morgan fingerprint density at radius 1 is 1.07 bits per heavy atom. The molecule has 1 aromatic carbocycles. The van der Waals surface area contributed by atoms with Crippen LogP contribution in [0.2, 0.25) is 18.1 Å². The number of fused-ring (bicyclic) bond motifs is 6. The normalized spacial score (nSPS) is 34.5. The lowest BCUT2D eigenvalue weighted by molar-refractivity contribution is -0.234. The molecule has 1 aromatic rings. The fourth-order valence-corrected chi connectivity index (χ4v) is 7.50. The van der Waals surface area contributed by atoms with E-state index in [0.717, 1.165) is 25.4 Å². The summed E-state index contributed by atoms with van der Waals surface area (Å²) in [6.45, 7) is 15.5. The summed E-state index contributed by atoms with van der Waals surface area (Å²) in [7, 11) is -1.82. The van der Waals surface area contributed by atoms with E-state index in [9.17, 15) is 0 Å². The quantitative estimate of drug-likeness (QED) is 0.490. The van der Waals surface area contributed by atoms with Crippen LogP contribution >= 0.6 is 0 Å². The lowest BCUT2D eigenvalue weighted by Crippen LogP contribution is -2.50. The zero-order chi connectivity index (χ0) is 21.4. The first-order chi connectivity index (χ1) is 14.1. The second-order valence-electron chi connectivity index (χ2n) is 11.7. The number of hydrogen-bond acceptors (Lipinski definition) is 3. The van der Waals surface area contributed by atoms with Gasteiger partial charge in [-0.1, -0.05) is 45.9 Å². The van der Waals surface area contributed by atoms with Crippen molar-refractivity contribution in [3.05, 3.63) is 35.4 Å². The Labute approximate surface area is 183 Å². The van der Waals surface area contributed by atoms with Crippen LogP contribution in [0.3, 0.4) is 0 Å². The van der Waals surface area contributed by atoms with Gasteiger partial charge in [-0.05, 0) is 78.4 Å². The van der Waals surface area contributed by atoms with Crippen molar-refractivity contribution in [2.45, 2.75) is 83.2 Å². The van der Waals surface area contributed by atoms with Crippen molar-refractivity contribution in [3.63, 3.8) is 0 Å². The molecule has 4 atom stereocenters. The molecule has 1 saturated heterocycles. The van der Waals surface area contributed by atoms with Crippen molar-refractivity contribution in [3.8, 4) is 5.75 Å². The summed E-state index contributed by atoms with van der Waals surface area (Å²) in [5.74, 6) is 2.56. The van der Waals surface area contributed by atoms with E-state index in [1.54, 1.807) is 0 Å². The minimum Gasteiger partial charge on any atom is -0.543 e. The van der Waals surface area contributed by atoms with E-state index in [-0.39, 0.29) is 16.2 Å². The number of allylic oxidation sites excluding steroid dienone is 1. The summed E-state index contributed by atoms with van der Waals surface area (Å²) in [5, 5.41) is 0.209. The predicted octanol–water partition coefficient (Wildman–Crippen LogP) is 6.75. The van der Waals surface area contributed by atoms with Gasteiger partial charge in [-0.15, -0.1) is 0 Å². The molecule has 1 heterocycles. The van der Waals surface area contributed by atoms with Crippen molar-refractivity contribution in [2.75, 3.05) is 13.2 Å². The molecule has 0 radical (unpaired) electrons. The van der Waals surface area contributed by atoms with E-state index in [1.807, 2.05) is 0 Å². The summed E-state index contributed by atoms with van der Waals surface area (Å²) in [4.78, 5) is 0. The van der Waals surface area contributed by atoms with Crippen molar-refractivity contribution in [2.24, 2.45) is 17.3 Å². The van der Waals surface area contributed by atoms with Crippen LogP contribution in [0.1, 0.15) is 70.4 Å². The van der Waals surface area contributed by atoms with Gasteiger partial charge in [0.2, 0.25) is 8.32 Å². The molecule has 3 nitrogen and oxygen atoms in total. The van der Waals surface area contributed by atoms with E-state index in [1.165, 1.54) is 30.4 Å². The van der Waals surface area contributed by atoms with Crippen LogP contribution in [0.25, 0.3) is 6.08 Å². The van der Waals surface area contributed by atoms with Crippen LogP contribution < -0.4 is 4.43 Å². The number of hydrogen-bond donors (Lipinski definition) is 0. The van der Waals surface area contributed by atoms with Gasteiger partial charge in [0.15, 0.2) is 5.79 Å². The summed E-state index contributed by atoms with van der Waals surface area (Å²) in [5.41, 5.74) is 3.01. The molecular formula is C26H38O3Si. The first kappa shape index (κ1) is 20.8. The molecule has 4 heteroatoms. The fraction of sp³-hybridized carbons (Fsp3) is 0.692. The third kappa shape index (κ3) is 2.90. The number of benzene rings is 1. The molecule has 164 valence electrons. The first-order valence-corrected chi connectivity index (χ1v) is 14.8. The molecule has 3 fully saturated rings. The van der Waals surface area contributed by atoms with Gasteiger partial charge in [0.1, 0.15) is 5.75 Å². The Hall–Kier alpha value is -1.10. The minimum atomic E-state index is -1.82. The average Bonchev–Trinajstić information content (AvgIpc) is 3.26. The lowest BCUT2D eigenvalue weighted by atomic mass is 9.56. The fourth-order valence-electron chi connectivity index (χ4n) is 6.47. The van der Waals surface area contributed by atoms with E-state index in [0.29, 0.717) is 17.8 Å². The smallest absolute Gasteiger partial charge is 0.250 e. The SMILES string of the molecule is CC(C)(C)[Si](C)(C)Oc1ccc2c(c1)C=C[C@@H]1[C@@H]2CC[C@@]2(C)[C@H]1CCC21OCCO1. The highest BCUT2D eigenvalue weighted by molar-refractivity contribution is 6.74. The van der Waals surface area contributed by atoms with E-state index in [4.69, 9.17) is 13.9 Å². The second kappa shape index (κ2) is 6.70. The van der Waals surface area contributed by atoms with Crippen LogP contribution in [-0.4, -0.2) is 27.3 Å². The van der Waals surface area contributed by atoms with Crippen LogP contribution in [0, 0.1) is 17.3 Å². The molecular weight excluding hydrogens is 388 g/mol. The zero-order valence-corrected chi connectivity index (χ0v) is 20.6.